The largest absolute Gasteiger partial charge is 0.497 e. The van der Waals surface area contributed by atoms with Crippen molar-refractivity contribution in [2.75, 3.05) is 32.3 Å². The topological polar surface area (TPSA) is 65.8 Å². The van der Waals surface area contributed by atoms with E-state index in [1.54, 1.807) is 19.1 Å². The number of aryl methyl sites for hydroxylation is 2. The Hall–Kier alpha value is -4.00. The van der Waals surface area contributed by atoms with Crippen LogP contribution in [0.25, 0.3) is 11.0 Å². The molecule has 3 aromatic carbocycles. The summed E-state index contributed by atoms with van der Waals surface area (Å²) in [6, 6.07) is 19.8. The number of amides is 1. The van der Waals surface area contributed by atoms with Crippen LogP contribution in [-0.4, -0.2) is 42.8 Å². The van der Waals surface area contributed by atoms with Crippen LogP contribution in [0.1, 0.15) is 35.7 Å². The second kappa shape index (κ2) is 10.5. The highest BCUT2D eigenvalue weighted by molar-refractivity contribution is 5.98. The summed E-state index contributed by atoms with van der Waals surface area (Å²) in [4.78, 5) is 20.0. The average Bonchev–Trinajstić information content (AvgIpc) is 3.48. The fourth-order valence-electron chi connectivity index (χ4n) is 5.05. The van der Waals surface area contributed by atoms with Gasteiger partial charge in [-0.05, 0) is 61.7 Å². The molecule has 1 aliphatic heterocycles. The number of aromatic nitrogens is 2. The Morgan fingerprint density at radius 3 is 2.62 bits per heavy atom. The summed E-state index contributed by atoms with van der Waals surface area (Å²) in [5.41, 5.74) is 5.14. The zero-order valence-electron chi connectivity index (χ0n) is 21.9. The number of fused-ring (bicyclic) bond motifs is 1. The number of imidazole rings is 1. The van der Waals surface area contributed by atoms with Crippen molar-refractivity contribution in [1.82, 2.24) is 9.55 Å². The van der Waals surface area contributed by atoms with Crippen molar-refractivity contribution in [3.63, 3.8) is 0 Å². The average molecular weight is 500 g/mol. The Bertz CT molecular complexity index is 1430. The van der Waals surface area contributed by atoms with E-state index in [4.69, 9.17) is 19.2 Å². The van der Waals surface area contributed by atoms with E-state index in [0.717, 1.165) is 41.3 Å². The molecule has 1 aromatic heterocycles. The number of carbonyl (C=O) groups is 1. The first kappa shape index (κ1) is 24.7. The lowest BCUT2D eigenvalue weighted by atomic mass is 10.1. The standard InChI is InChI=1S/C30H33N3O4/c1-20-9-7-12-27(21(20)2)37-16-8-15-32-25-11-6-5-10-24(25)31-30(32)22-17-29(34)33(19-22)26-18-23(35-3)13-14-28(26)36-4/h5-7,9-14,18,22H,8,15-17,19H2,1-4H3. The van der Waals surface area contributed by atoms with Crippen LogP contribution in [0.5, 0.6) is 17.2 Å². The SMILES string of the molecule is COc1ccc(OC)c(N2CC(c3nc4ccccc4n3CCCOc3cccc(C)c3C)CC2=O)c1. The molecular formula is C30H33N3O4. The number of anilines is 1. The van der Waals surface area contributed by atoms with Gasteiger partial charge in [-0.15, -0.1) is 0 Å². The molecule has 37 heavy (non-hydrogen) atoms. The first-order valence-corrected chi connectivity index (χ1v) is 12.7. The van der Waals surface area contributed by atoms with Gasteiger partial charge in [0.2, 0.25) is 5.91 Å². The van der Waals surface area contributed by atoms with Crippen LogP contribution in [0, 0.1) is 13.8 Å². The predicted molar refractivity (Wildman–Crippen MR) is 145 cm³/mol. The van der Waals surface area contributed by atoms with Gasteiger partial charge in [0, 0.05) is 31.5 Å². The van der Waals surface area contributed by atoms with Crippen molar-refractivity contribution in [2.24, 2.45) is 0 Å². The molecule has 1 aliphatic rings. The number of nitrogens with zero attached hydrogens (tertiary/aromatic N) is 3. The van der Waals surface area contributed by atoms with Gasteiger partial charge in [-0.1, -0.05) is 24.3 Å². The van der Waals surface area contributed by atoms with Gasteiger partial charge in [-0.2, -0.15) is 0 Å². The van der Waals surface area contributed by atoms with Crippen LogP contribution < -0.4 is 19.1 Å². The van der Waals surface area contributed by atoms with Crippen LogP contribution in [0.3, 0.4) is 0 Å². The highest BCUT2D eigenvalue weighted by atomic mass is 16.5. The summed E-state index contributed by atoms with van der Waals surface area (Å²) >= 11 is 0. The van der Waals surface area contributed by atoms with E-state index in [-0.39, 0.29) is 11.8 Å². The van der Waals surface area contributed by atoms with E-state index < -0.39 is 0 Å². The van der Waals surface area contributed by atoms with Crippen LogP contribution in [-0.2, 0) is 11.3 Å². The first-order chi connectivity index (χ1) is 18.0. The van der Waals surface area contributed by atoms with Crippen molar-refractivity contribution in [2.45, 2.75) is 39.2 Å². The second-order valence-electron chi connectivity index (χ2n) is 9.45. The third kappa shape index (κ3) is 4.86. The minimum atomic E-state index is -0.0317. The number of ether oxygens (including phenoxy) is 3. The molecule has 2 heterocycles. The van der Waals surface area contributed by atoms with Crippen LogP contribution in [0.15, 0.2) is 60.7 Å². The molecule has 1 amide bonds. The van der Waals surface area contributed by atoms with Gasteiger partial charge in [0.1, 0.15) is 23.1 Å². The van der Waals surface area contributed by atoms with Crippen molar-refractivity contribution in [1.29, 1.82) is 0 Å². The lowest BCUT2D eigenvalue weighted by molar-refractivity contribution is -0.117. The van der Waals surface area contributed by atoms with E-state index in [9.17, 15) is 4.79 Å². The zero-order chi connectivity index (χ0) is 25.9. The van der Waals surface area contributed by atoms with E-state index >= 15 is 0 Å². The van der Waals surface area contributed by atoms with Gasteiger partial charge in [-0.25, -0.2) is 4.98 Å². The molecule has 0 N–H and O–H groups in total. The summed E-state index contributed by atoms with van der Waals surface area (Å²) < 4.78 is 19.3. The lowest BCUT2D eigenvalue weighted by Gasteiger charge is -2.20. The fourth-order valence-corrected chi connectivity index (χ4v) is 5.05. The molecule has 1 unspecified atom stereocenters. The Labute approximate surface area is 217 Å². The fraction of sp³-hybridized carbons (Fsp3) is 0.333. The molecule has 1 saturated heterocycles. The first-order valence-electron chi connectivity index (χ1n) is 12.7. The Balaban J connectivity index is 1.37. The van der Waals surface area contributed by atoms with Crippen molar-refractivity contribution >= 4 is 22.6 Å². The van der Waals surface area contributed by atoms with Gasteiger partial charge in [0.05, 0.1) is 37.5 Å². The third-order valence-corrected chi connectivity index (χ3v) is 7.19. The molecule has 5 rings (SSSR count). The molecule has 7 nitrogen and oxygen atoms in total. The summed E-state index contributed by atoms with van der Waals surface area (Å²) in [5.74, 6) is 3.21. The Morgan fingerprint density at radius 1 is 0.973 bits per heavy atom. The van der Waals surface area contributed by atoms with E-state index in [1.165, 1.54) is 11.1 Å². The maximum atomic E-state index is 13.2. The normalized spacial score (nSPS) is 15.4. The molecule has 0 aliphatic carbocycles. The minimum Gasteiger partial charge on any atom is -0.497 e. The lowest BCUT2D eigenvalue weighted by Crippen LogP contribution is -2.25. The highest BCUT2D eigenvalue weighted by Crippen LogP contribution is 2.39. The van der Waals surface area contributed by atoms with Crippen molar-refractivity contribution < 1.29 is 19.0 Å². The summed E-state index contributed by atoms with van der Waals surface area (Å²) in [5, 5.41) is 0. The number of benzene rings is 3. The summed E-state index contributed by atoms with van der Waals surface area (Å²) in [6.07, 6.45) is 1.22. The smallest absolute Gasteiger partial charge is 0.227 e. The molecule has 7 heteroatoms. The molecule has 1 atom stereocenters. The Kier molecular flexibility index (Phi) is 7.04. The van der Waals surface area contributed by atoms with Crippen molar-refractivity contribution in [3.05, 3.63) is 77.6 Å². The van der Waals surface area contributed by atoms with Gasteiger partial charge >= 0.3 is 0 Å². The molecule has 4 aromatic rings. The van der Waals surface area contributed by atoms with Crippen molar-refractivity contribution in [3.8, 4) is 17.2 Å². The van der Waals surface area contributed by atoms with E-state index in [1.807, 2.05) is 48.5 Å². The third-order valence-electron chi connectivity index (χ3n) is 7.19. The van der Waals surface area contributed by atoms with Gasteiger partial charge in [-0.3, -0.25) is 4.79 Å². The number of hydrogen-bond acceptors (Lipinski definition) is 5. The number of methoxy groups -OCH3 is 2. The quantitative estimate of drug-likeness (QED) is 0.278. The number of rotatable bonds is 9. The van der Waals surface area contributed by atoms with E-state index in [0.29, 0.717) is 31.1 Å². The monoisotopic (exact) mass is 499 g/mol. The van der Waals surface area contributed by atoms with Crippen LogP contribution in [0.4, 0.5) is 5.69 Å². The molecular weight excluding hydrogens is 466 g/mol. The maximum absolute atomic E-state index is 13.2. The molecule has 0 spiro atoms. The van der Waals surface area contributed by atoms with Gasteiger partial charge in [0.15, 0.2) is 0 Å². The molecule has 1 fully saturated rings. The molecule has 0 saturated carbocycles. The summed E-state index contributed by atoms with van der Waals surface area (Å²) in [7, 11) is 3.23. The molecule has 0 bridgehead atoms. The summed E-state index contributed by atoms with van der Waals surface area (Å²) in [6.45, 7) is 6.08. The predicted octanol–water partition coefficient (Wildman–Crippen LogP) is 5.66. The minimum absolute atomic E-state index is 0.0317. The van der Waals surface area contributed by atoms with Gasteiger partial charge < -0.3 is 23.7 Å². The maximum Gasteiger partial charge on any atom is 0.227 e. The number of para-hydroxylation sites is 2. The number of hydrogen-bond donors (Lipinski definition) is 0. The Morgan fingerprint density at radius 2 is 1.81 bits per heavy atom. The zero-order valence-corrected chi connectivity index (χ0v) is 21.9. The van der Waals surface area contributed by atoms with Gasteiger partial charge in [0.25, 0.3) is 0 Å². The molecule has 0 radical (unpaired) electrons. The number of carbonyl (C=O) groups excluding carboxylic acids is 1. The molecule has 192 valence electrons. The highest BCUT2D eigenvalue weighted by Gasteiger charge is 2.36. The van der Waals surface area contributed by atoms with Crippen LogP contribution in [0.2, 0.25) is 0 Å². The van der Waals surface area contributed by atoms with Crippen LogP contribution >= 0.6 is 0 Å². The van der Waals surface area contributed by atoms with E-state index in [2.05, 4.69) is 30.5 Å². The second-order valence-corrected chi connectivity index (χ2v) is 9.45.